The molecule has 1 fully saturated rings. The Balaban J connectivity index is 1.66. The topological polar surface area (TPSA) is 51.5 Å². The summed E-state index contributed by atoms with van der Waals surface area (Å²) in [6.07, 6.45) is 4.44. The summed E-state index contributed by atoms with van der Waals surface area (Å²) >= 11 is 1.61. The molecule has 1 atom stereocenters. The van der Waals surface area contributed by atoms with E-state index >= 15 is 0 Å². The molecule has 0 spiro atoms. The molecule has 1 saturated heterocycles. The fraction of sp³-hybridized carbons (Fsp3) is 0.714. The van der Waals surface area contributed by atoms with Gasteiger partial charge in [0, 0.05) is 18.6 Å². The maximum atomic E-state index is 5.49. The van der Waals surface area contributed by atoms with Crippen LogP contribution in [0.5, 0.6) is 0 Å². The summed E-state index contributed by atoms with van der Waals surface area (Å²) in [6.45, 7) is 9.22. The van der Waals surface area contributed by atoms with E-state index in [2.05, 4.69) is 36.2 Å². The quantitative estimate of drug-likeness (QED) is 0.945. The normalized spacial score (nSPS) is 20.4. The minimum absolute atomic E-state index is 0.0699. The van der Waals surface area contributed by atoms with Crippen LogP contribution in [0.25, 0.3) is 4.96 Å². The number of anilines is 1. The van der Waals surface area contributed by atoms with Crippen LogP contribution in [0.15, 0.2) is 6.20 Å². The van der Waals surface area contributed by atoms with E-state index in [4.69, 9.17) is 4.74 Å². The highest BCUT2D eigenvalue weighted by Crippen LogP contribution is 2.26. The Hall–Kier alpha value is -1.14. The highest BCUT2D eigenvalue weighted by atomic mass is 32.1. The van der Waals surface area contributed by atoms with E-state index in [1.54, 1.807) is 11.3 Å². The van der Waals surface area contributed by atoms with Crippen molar-refractivity contribution in [3.05, 3.63) is 11.9 Å². The second-order valence-electron chi connectivity index (χ2n) is 6.47. The lowest BCUT2D eigenvalue weighted by atomic mass is 9.93. The molecular weight excluding hydrogens is 272 g/mol. The molecule has 0 bridgehead atoms. The Morgan fingerprint density at radius 3 is 3.00 bits per heavy atom. The molecule has 0 saturated carbocycles. The number of ether oxygens (including phenoxy) is 1. The van der Waals surface area contributed by atoms with E-state index < -0.39 is 0 Å². The van der Waals surface area contributed by atoms with Gasteiger partial charge in [0.1, 0.15) is 0 Å². The van der Waals surface area contributed by atoms with Crippen molar-refractivity contribution in [2.24, 2.45) is 5.92 Å². The summed E-state index contributed by atoms with van der Waals surface area (Å²) in [6, 6.07) is 0. The van der Waals surface area contributed by atoms with E-state index in [9.17, 15) is 0 Å². The van der Waals surface area contributed by atoms with Gasteiger partial charge in [0.25, 0.3) is 0 Å². The Bertz CT molecular complexity index is 546. The standard InChI is InChI=1S/C14H22N4OS/c1-14(2,3)11-8-18-13(16-11)20-12(17-18)15-7-10-5-4-6-19-9-10/h8,10H,4-7,9H2,1-3H3,(H,15,17)/t10-/m1/s1. The van der Waals surface area contributed by atoms with Crippen molar-refractivity contribution >= 4 is 21.4 Å². The van der Waals surface area contributed by atoms with E-state index in [0.29, 0.717) is 5.92 Å². The van der Waals surface area contributed by atoms with Gasteiger partial charge in [0.2, 0.25) is 10.1 Å². The first-order valence-electron chi connectivity index (χ1n) is 7.21. The highest BCUT2D eigenvalue weighted by Gasteiger charge is 2.20. The van der Waals surface area contributed by atoms with Crippen LogP contribution in [-0.4, -0.2) is 34.4 Å². The number of rotatable bonds is 3. The molecule has 0 aliphatic carbocycles. The molecule has 3 heterocycles. The lowest BCUT2D eigenvalue weighted by molar-refractivity contribution is 0.0595. The average molecular weight is 294 g/mol. The first kappa shape index (κ1) is 13.8. The monoisotopic (exact) mass is 294 g/mol. The van der Waals surface area contributed by atoms with Crippen LogP contribution in [0.2, 0.25) is 0 Å². The molecule has 0 unspecified atom stereocenters. The van der Waals surface area contributed by atoms with Gasteiger partial charge in [-0.05, 0) is 18.8 Å². The molecule has 20 heavy (non-hydrogen) atoms. The van der Waals surface area contributed by atoms with Crippen molar-refractivity contribution in [2.45, 2.75) is 39.0 Å². The average Bonchev–Trinajstić information content (AvgIpc) is 2.95. The summed E-state index contributed by atoms with van der Waals surface area (Å²) < 4.78 is 7.37. The van der Waals surface area contributed by atoms with Crippen LogP contribution >= 0.6 is 11.3 Å². The number of nitrogens with zero attached hydrogens (tertiary/aromatic N) is 3. The van der Waals surface area contributed by atoms with Crippen molar-refractivity contribution in [1.82, 2.24) is 14.6 Å². The number of imidazole rings is 1. The third-order valence-corrected chi connectivity index (χ3v) is 4.49. The molecule has 1 aliphatic rings. The molecule has 0 radical (unpaired) electrons. The van der Waals surface area contributed by atoms with Gasteiger partial charge in [0.05, 0.1) is 18.5 Å². The zero-order valence-corrected chi connectivity index (χ0v) is 13.2. The Kier molecular flexibility index (Phi) is 3.69. The summed E-state index contributed by atoms with van der Waals surface area (Å²) in [5.41, 5.74) is 1.16. The number of hydrogen-bond donors (Lipinski definition) is 1. The number of hydrogen-bond acceptors (Lipinski definition) is 5. The maximum absolute atomic E-state index is 5.49. The largest absolute Gasteiger partial charge is 0.381 e. The van der Waals surface area contributed by atoms with Crippen molar-refractivity contribution in [1.29, 1.82) is 0 Å². The molecule has 2 aromatic heterocycles. The van der Waals surface area contributed by atoms with Gasteiger partial charge in [-0.25, -0.2) is 9.50 Å². The fourth-order valence-electron chi connectivity index (χ4n) is 2.33. The Morgan fingerprint density at radius 2 is 2.35 bits per heavy atom. The lowest BCUT2D eigenvalue weighted by Crippen LogP contribution is -2.24. The smallest absolute Gasteiger partial charge is 0.214 e. The third kappa shape index (κ3) is 2.96. The predicted octanol–water partition coefficient (Wildman–Crippen LogP) is 2.93. The first-order valence-corrected chi connectivity index (χ1v) is 8.02. The zero-order valence-electron chi connectivity index (χ0n) is 12.3. The Labute approximate surface area is 123 Å². The molecule has 110 valence electrons. The number of nitrogens with one attached hydrogen (secondary N) is 1. The summed E-state index contributed by atoms with van der Waals surface area (Å²) in [4.78, 5) is 5.61. The third-order valence-electron chi connectivity index (χ3n) is 3.61. The van der Waals surface area contributed by atoms with E-state index in [-0.39, 0.29) is 5.41 Å². The zero-order chi connectivity index (χ0) is 14.2. The molecular formula is C14H22N4OS. The van der Waals surface area contributed by atoms with Crippen LogP contribution in [0.1, 0.15) is 39.3 Å². The molecule has 1 aliphatic heterocycles. The molecule has 0 aromatic carbocycles. The summed E-state index contributed by atoms with van der Waals surface area (Å²) in [7, 11) is 0. The minimum atomic E-state index is 0.0699. The fourth-order valence-corrected chi connectivity index (χ4v) is 3.12. The van der Waals surface area contributed by atoms with E-state index in [1.165, 1.54) is 12.8 Å². The van der Waals surface area contributed by atoms with E-state index in [0.717, 1.165) is 35.5 Å². The maximum Gasteiger partial charge on any atom is 0.214 e. The van der Waals surface area contributed by atoms with Crippen molar-refractivity contribution in [3.63, 3.8) is 0 Å². The minimum Gasteiger partial charge on any atom is -0.381 e. The second kappa shape index (κ2) is 5.33. The SMILES string of the molecule is CC(C)(C)c1cn2nc(NC[C@H]3CCCOC3)sc2n1. The molecule has 6 heteroatoms. The van der Waals surface area contributed by atoms with Gasteiger partial charge < -0.3 is 10.1 Å². The molecule has 1 N–H and O–H groups in total. The van der Waals surface area contributed by atoms with Gasteiger partial charge in [-0.2, -0.15) is 0 Å². The summed E-state index contributed by atoms with van der Waals surface area (Å²) in [5, 5.41) is 8.91. The Morgan fingerprint density at radius 1 is 1.50 bits per heavy atom. The van der Waals surface area contributed by atoms with Crippen molar-refractivity contribution < 1.29 is 4.74 Å². The molecule has 0 amide bonds. The van der Waals surface area contributed by atoms with Crippen LogP contribution in [-0.2, 0) is 10.2 Å². The first-order chi connectivity index (χ1) is 9.52. The van der Waals surface area contributed by atoms with Crippen LogP contribution in [0.4, 0.5) is 5.13 Å². The van der Waals surface area contributed by atoms with Gasteiger partial charge in [-0.15, -0.1) is 5.10 Å². The number of fused-ring (bicyclic) bond motifs is 1. The van der Waals surface area contributed by atoms with Gasteiger partial charge in [-0.3, -0.25) is 0 Å². The highest BCUT2D eigenvalue weighted by molar-refractivity contribution is 7.20. The van der Waals surface area contributed by atoms with E-state index in [1.807, 2.05) is 10.7 Å². The molecule has 5 nitrogen and oxygen atoms in total. The predicted molar refractivity (Wildman–Crippen MR) is 81.6 cm³/mol. The van der Waals surface area contributed by atoms with Gasteiger partial charge in [0.15, 0.2) is 0 Å². The van der Waals surface area contributed by atoms with Crippen LogP contribution in [0.3, 0.4) is 0 Å². The number of aromatic nitrogens is 3. The second-order valence-corrected chi connectivity index (χ2v) is 7.43. The van der Waals surface area contributed by atoms with Crippen LogP contribution in [0, 0.1) is 5.92 Å². The van der Waals surface area contributed by atoms with Crippen LogP contribution < -0.4 is 5.32 Å². The van der Waals surface area contributed by atoms with Crippen molar-refractivity contribution in [3.8, 4) is 0 Å². The van der Waals surface area contributed by atoms with Gasteiger partial charge >= 0.3 is 0 Å². The summed E-state index contributed by atoms with van der Waals surface area (Å²) in [5.74, 6) is 0.602. The van der Waals surface area contributed by atoms with Gasteiger partial charge in [-0.1, -0.05) is 32.1 Å². The van der Waals surface area contributed by atoms with Crippen molar-refractivity contribution in [2.75, 3.05) is 25.1 Å². The lowest BCUT2D eigenvalue weighted by Gasteiger charge is -2.21. The molecule has 2 aromatic rings. The molecule has 3 rings (SSSR count).